The largest absolute Gasteiger partial charge is 0.369 e. The second-order valence-corrected chi connectivity index (χ2v) is 7.76. The molecule has 0 spiro atoms. The molecule has 0 radical (unpaired) electrons. The molecule has 3 heterocycles. The Morgan fingerprint density at radius 1 is 1.10 bits per heavy atom. The molecule has 0 atom stereocenters. The fourth-order valence-electron chi connectivity index (χ4n) is 3.58. The van der Waals surface area contributed by atoms with Gasteiger partial charge in [-0.3, -0.25) is 9.69 Å². The maximum absolute atomic E-state index is 12.2. The van der Waals surface area contributed by atoms with E-state index < -0.39 is 0 Å². The Labute approximate surface area is 181 Å². The quantitative estimate of drug-likeness (QED) is 0.579. The zero-order valence-corrected chi connectivity index (χ0v) is 17.9. The average molecular weight is 422 g/mol. The lowest BCUT2D eigenvalue weighted by Gasteiger charge is -2.36. The van der Waals surface area contributed by atoms with E-state index in [9.17, 15) is 4.79 Å². The summed E-state index contributed by atoms with van der Waals surface area (Å²) in [6, 6.07) is 6.68. The van der Waals surface area contributed by atoms with Crippen molar-refractivity contribution in [3.8, 4) is 11.4 Å². The van der Waals surface area contributed by atoms with E-state index in [2.05, 4.69) is 67.3 Å². The van der Waals surface area contributed by atoms with Crippen LogP contribution >= 0.6 is 0 Å². The summed E-state index contributed by atoms with van der Waals surface area (Å²) < 4.78 is 5.05. The number of hydrogen-bond acceptors (Lipinski definition) is 8. The number of carbonyl (C=O) groups is 1. The first-order chi connectivity index (χ1) is 15.1. The van der Waals surface area contributed by atoms with Gasteiger partial charge in [-0.25, -0.2) is 9.97 Å². The molecule has 0 unspecified atom stereocenters. The van der Waals surface area contributed by atoms with E-state index in [1.165, 1.54) is 23.1 Å². The van der Waals surface area contributed by atoms with E-state index >= 15 is 0 Å². The Balaban J connectivity index is 1.17. The predicted octanol–water partition coefficient (Wildman–Crippen LogP) is 2.09. The number of nitrogens with one attached hydrogen (secondary N) is 1. The molecule has 1 aromatic carbocycles. The topological polar surface area (TPSA) is 100 Å². The standard InChI is InChI=1S/C22H27N7O2/c1-16-4-5-19(12-17(16)2)29-10-8-28(9-11-29)7-3-6-25-21(30)22-26-20(27-31-22)18-13-23-15-24-14-18/h4-5,12-15H,3,6-11H2,1-2H3,(H,25,30). The smallest absolute Gasteiger partial charge is 0.316 e. The van der Waals surface area contributed by atoms with Gasteiger partial charge in [-0.15, -0.1) is 0 Å². The third-order valence-corrected chi connectivity index (χ3v) is 5.60. The number of carbonyl (C=O) groups excluding carboxylic acids is 1. The summed E-state index contributed by atoms with van der Waals surface area (Å²) in [7, 11) is 0. The molecular weight excluding hydrogens is 394 g/mol. The molecule has 4 rings (SSSR count). The van der Waals surface area contributed by atoms with E-state index in [0.29, 0.717) is 17.9 Å². The number of aryl methyl sites for hydroxylation is 2. The van der Waals surface area contributed by atoms with Gasteiger partial charge in [-0.1, -0.05) is 11.2 Å². The Kier molecular flexibility index (Phi) is 6.51. The van der Waals surface area contributed by atoms with Crippen LogP contribution in [0.15, 0.2) is 41.4 Å². The highest BCUT2D eigenvalue weighted by Crippen LogP contribution is 2.20. The van der Waals surface area contributed by atoms with Crippen LogP contribution in [-0.2, 0) is 0 Å². The van der Waals surface area contributed by atoms with E-state index in [1.54, 1.807) is 12.4 Å². The van der Waals surface area contributed by atoms with Crippen LogP contribution in [0.2, 0.25) is 0 Å². The lowest BCUT2D eigenvalue weighted by Crippen LogP contribution is -2.47. The zero-order chi connectivity index (χ0) is 21.6. The van der Waals surface area contributed by atoms with Gasteiger partial charge in [-0.2, -0.15) is 4.98 Å². The normalized spacial score (nSPS) is 14.6. The van der Waals surface area contributed by atoms with E-state index in [4.69, 9.17) is 4.52 Å². The van der Waals surface area contributed by atoms with Gasteiger partial charge in [0, 0.05) is 50.8 Å². The predicted molar refractivity (Wildman–Crippen MR) is 117 cm³/mol. The van der Waals surface area contributed by atoms with Crippen molar-refractivity contribution in [2.24, 2.45) is 0 Å². The van der Waals surface area contributed by atoms with Gasteiger partial charge in [0.2, 0.25) is 5.82 Å². The van der Waals surface area contributed by atoms with Crippen molar-refractivity contribution in [2.45, 2.75) is 20.3 Å². The van der Waals surface area contributed by atoms with E-state index in [0.717, 1.165) is 39.1 Å². The van der Waals surface area contributed by atoms with Crippen LogP contribution in [0.5, 0.6) is 0 Å². The summed E-state index contributed by atoms with van der Waals surface area (Å²) in [6.45, 7) is 9.88. The van der Waals surface area contributed by atoms with Gasteiger partial charge in [0.15, 0.2) is 0 Å². The number of rotatable bonds is 7. The van der Waals surface area contributed by atoms with Gasteiger partial charge in [0.25, 0.3) is 0 Å². The van der Waals surface area contributed by atoms with Crippen molar-refractivity contribution >= 4 is 11.6 Å². The van der Waals surface area contributed by atoms with Gasteiger partial charge in [-0.05, 0) is 50.1 Å². The first kappa shape index (κ1) is 20.9. The molecule has 1 saturated heterocycles. The zero-order valence-electron chi connectivity index (χ0n) is 17.9. The molecule has 9 heteroatoms. The van der Waals surface area contributed by atoms with Gasteiger partial charge >= 0.3 is 11.8 Å². The highest BCUT2D eigenvalue weighted by atomic mass is 16.5. The minimum absolute atomic E-state index is 0.0548. The summed E-state index contributed by atoms with van der Waals surface area (Å²) in [6.07, 6.45) is 5.42. The molecule has 3 aromatic rings. The van der Waals surface area contributed by atoms with Crippen LogP contribution in [0.25, 0.3) is 11.4 Å². The van der Waals surface area contributed by atoms with Crippen LogP contribution < -0.4 is 10.2 Å². The monoisotopic (exact) mass is 421 g/mol. The van der Waals surface area contributed by atoms with Gasteiger partial charge < -0.3 is 14.7 Å². The second kappa shape index (κ2) is 9.65. The summed E-state index contributed by atoms with van der Waals surface area (Å²) >= 11 is 0. The minimum Gasteiger partial charge on any atom is -0.369 e. The fraction of sp³-hybridized carbons (Fsp3) is 0.409. The maximum Gasteiger partial charge on any atom is 0.316 e. The number of aromatic nitrogens is 4. The number of benzene rings is 1. The molecule has 0 saturated carbocycles. The first-order valence-corrected chi connectivity index (χ1v) is 10.5. The van der Waals surface area contributed by atoms with Crippen molar-refractivity contribution in [2.75, 3.05) is 44.2 Å². The van der Waals surface area contributed by atoms with Crippen LogP contribution in [0, 0.1) is 13.8 Å². The number of anilines is 1. The number of nitrogens with zero attached hydrogens (tertiary/aromatic N) is 6. The maximum atomic E-state index is 12.2. The van der Waals surface area contributed by atoms with E-state index in [-0.39, 0.29) is 11.8 Å². The second-order valence-electron chi connectivity index (χ2n) is 7.76. The number of piperazine rings is 1. The minimum atomic E-state index is -0.366. The van der Waals surface area contributed by atoms with Crippen molar-refractivity contribution in [3.05, 3.63) is 53.9 Å². The summed E-state index contributed by atoms with van der Waals surface area (Å²) in [4.78, 5) is 29.0. The Morgan fingerprint density at radius 3 is 2.61 bits per heavy atom. The fourth-order valence-corrected chi connectivity index (χ4v) is 3.58. The number of hydrogen-bond donors (Lipinski definition) is 1. The molecule has 1 aliphatic rings. The first-order valence-electron chi connectivity index (χ1n) is 10.5. The molecule has 9 nitrogen and oxygen atoms in total. The SMILES string of the molecule is Cc1ccc(N2CCN(CCCNC(=O)c3nc(-c4cncnc4)no3)CC2)cc1C. The Morgan fingerprint density at radius 2 is 1.87 bits per heavy atom. The van der Waals surface area contributed by atoms with Gasteiger partial charge in [0.1, 0.15) is 6.33 Å². The summed E-state index contributed by atoms with van der Waals surface area (Å²) in [5.74, 6) is -0.122. The van der Waals surface area contributed by atoms with Crippen molar-refractivity contribution in [1.29, 1.82) is 0 Å². The molecule has 0 aliphatic carbocycles. The molecule has 1 aliphatic heterocycles. The molecule has 1 N–H and O–H groups in total. The number of amides is 1. The highest BCUT2D eigenvalue weighted by Gasteiger charge is 2.18. The van der Waals surface area contributed by atoms with Crippen LogP contribution in [0.4, 0.5) is 5.69 Å². The lowest BCUT2D eigenvalue weighted by atomic mass is 10.1. The van der Waals surface area contributed by atoms with Crippen LogP contribution in [-0.4, -0.2) is 70.2 Å². The molecular formula is C22H27N7O2. The van der Waals surface area contributed by atoms with Crippen molar-refractivity contribution < 1.29 is 9.32 Å². The van der Waals surface area contributed by atoms with Crippen molar-refractivity contribution in [3.63, 3.8) is 0 Å². The molecule has 0 bridgehead atoms. The molecule has 1 fully saturated rings. The average Bonchev–Trinajstić information content (AvgIpc) is 3.30. The van der Waals surface area contributed by atoms with Crippen molar-refractivity contribution in [1.82, 2.24) is 30.3 Å². The molecule has 2 aromatic heterocycles. The van der Waals surface area contributed by atoms with E-state index in [1.807, 2.05) is 0 Å². The third kappa shape index (κ3) is 5.24. The Bertz CT molecular complexity index is 1010. The summed E-state index contributed by atoms with van der Waals surface area (Å²) in [5, 5.41) is 6.66. The Hall–Kier alpha value is -3.33. The van der Waals surface area contributed by atoms with Crippen LogP contribution in [0.1, 0.15) is 28.2 Å². The van der Waals surface area contributed by atoms with Crippen LogP contribution in [0.3, 0.4) is 0 Å². The highest BCUT2D eigenvalue weighted by molar-refractivity contribution is 5.89. The summed E-state index contributed by atoms with van der Waals surface area (Å²) in [5.41, 5.74) is 4.57. The third-order valence-electron chi connectivity index (χ3n) is 5.60. The lowest BCUT2D eigenvalue weighted by molar-refractivity contribution is 0.0907. The molecule has 31 heavy (non-hydrogen) atoms. The van der Waals surface area contributed by atoms with Gasteiger partial charge in [0.05, 0.1) is 5.56 Å². The molecule has 162 valence electrons. The molecule has 1 amide bonds.